The van der Waals surface area contributed by atoms with Crippen molar-refractivity contribution >= 4 is 39.8 Å². The van der Waals surface area contributed by atoms with Crippen molar-refractivity contribution in [3.8, 4) is 6.07 Å². The maximum atomic E-state index is 12.3. The van der Waals surface area contributed by atoms with Gasteiger partial charge in [-0.2, -0.15) is 10.4 Å². The molecule has 1 aromatic rings. The molecular formula is C20H24N4O4S. The normalized spacial score (nSPS) is 18.8. The van der Waals surface area contributed by atoms with E-state index in [9.17, 15) is 19.6 Å². The van der Waals surface area contributed by atoms with Crippen LogP contribution in [-0.2, 0) is 32.0 Å². The number of nitriles is 1. The lowest BCUT2D eigenvalue weighted by atomic mass is 9.72. The van der Waals surface area contributed by atoms with Crippen molar-refractivity contribution in [3.05, 3.63) is 16.0 Å². The molecule has 2 amide bonds. The van der Waals surface area contributed by atoms with Crippen LogP contribution in [0.5, 0.6) is 0 Å². The second-order valence-corrected chi connectivity index (χ2v) is 9.45. The molecule has 0 fully saturated rings. The largest absolute Gasteiger partial charge is 0.451 e. The molecule has 1 atom stereocenters. The zero-order valence-electron chi connectivity index (χ0n) is 16.8. The Morgan fingerprint density at radius 2 is 2.10 bits per heavy atom. The number of esters is 1. The summed E-state index contributed by atoms with van der Waals surface area (Å²) in [7, 11) is 0. The quantitative estimate of drug-likeness (QED) is 0.731. The number of ether oxygens (including phenoxy) is 1. The maximum absolute atomic E-state index is 12.3. The van der Waals surface area contributed by atoms with Gasteiger partial charge in [0, 0.05) is 17.7 Å². The topological polar surface area (TPSA) is 121 Å². The predicted octanol–water partition coefficient (Wildman–Crippen LogP) is 2.52. The molecule has 2 N–H and O–H groups in total. The number of hydrogen-bond acceptors (Lipinski definition) is 7. The Balaban J connectivity index is 1.62. The lowest BCUT2D eigenvalue weighted by Gasteiger charge is -2.33. The number of hydrogen-bond donors (Lipinski definition) is 2. The molecule has 154 valence electrons. The molecule has 1 aliphatic heterocycles. The number of rotatable bonds is 4. The van der Waals surface area contributed by atoms with E-state index in [1.54, 1.807) is 0 Å². The van der Waals surface area contributed by atoms with Gasteiger partial charge in [-0.1, -0.05) is 20.8 Å². The molecule has 8 nitrogen and oxygen atoms in total. The van der Waals surface area contributed by atoms with Crippen molar-refractivity contribution in [2.45, 2.75) is 52.9 Å². The summed E-state index contributed by atoms with van der Waals surface area (Å²) in [4.78, 5) is 36.4. The Labute approximate surface area is 173 Å². The lowest BCUT2D eigenvalue weighted by molar-refractivity contribution is -0.140. The van der Waals surface area contributed by atoms with E-state index < -0.39 is 18.5 Å². The van der Waals surface area contributed by atoms with Crippen LogP contribution in [0.1, 0.15) is 56.0 Å². The zero-order chi connectivity index (χ0) is 21.2. The van der Waals surface area contributed by atoms with Gasteiger partial charge < -0.3 is 10.1 Å². The van der Waals surface area contributed by atoms with E-state index in [2.05, 4.69) is 42.7 Å². The van der Waals surface area contributed by atoms with Gasteiger partial charge in [-0.15, -0.1) is 11.3 Å². The third kappa shape index (κ3) is 4.82. The number of hydrazone groups is 1. The molecule has 9 heteroatoms. The van der Waals surface area contributed by atoms with Gasteiger partial charge in [0.2, 0.25) is 5.91 Å². The van der Waals surface area contributed by atoms with Crippen molar-refractivity contribution < 1.29 is 19.1 Å². The predicted molar refractivity (Wildman–Crippen MR) is 108 cm³/mol. The van der Waals surface area contributed by atoms with Crippen LogP contribution in [0.3, 0.4) is 0 Å². The Kier molecular flexibility index (Phi) is 6.03. The number of carbonyl (C=O) groups excluding carboxylic acids is 3. The first-order valence-electron chi connectivity index (χ1n) is 9.56. The highest BCUT2D eigenvalue weighted by Gasteiger charge is 2.32. The monoisotopic (exact) mass is 416 g/mol. The second-order valence-electron chi connectivity index (χ2n) is 8.34. The molecule has 29 heavy (non-hydrogen) atoms. The van der Waals surface area contributed by atoms with E-state index in [-0.39, 0.29) is 29.9 Å². The summed E-state index contributed by atoms with van der Waals surface area (Å²) in [6.45, 7) is 6.19. The number of amides is 2. The smallest absolute Gasteiger partial charge is 0.355 e. The molecule has 1 aliphatic carbocycles. The third-order valence-corrected chi connectivity index (χ3v) is 6.50. The van der Waals surface area contributed by atoms with Crippen LogP contribution in [-0.4, -0.2) is 30.1 Å². The summed E-state index contributed by atoms with van der Waals surface area (Å²) in [5.74, 6) is -0.986. The number of nitrogens with one attached hydrogen (secondary N) is 2. The van der Waals surface area contributed by atoms with Gasteiger partial charge in [-0.25, -0.2) is 10.2 Å². The molecule has 0 saturated heterocycles. The highest BCUT2D eigenvalue weighted by atomic mass is 32.1. The van der Waals surface area contributed by atoms with E-state index >= 15 is 0 Å². The van der Waals surface area contributed by atoms with E-state index in [1.165, 1.54) is 11.3 Å². The first kappa shape index (κ1) is 21.0. The first-order chi connectivity index (χ1) is 13.7. The van der Waals surface area contributed by atoms with Crippen LogP contribution in [0.15, 0.2) is 5.10 Å². The van der Waals surface area contributed by atoms with Crippen molar-refractivity contribution in [2.24, 2.45) is 16.4 Å². The molecule has 2 aliphatic rings. The molecule has 0 spiro atoms. The maximum Gasteiger partial charge on any atom is 0.355 e. The fourth-order valence-electron chi connectivity index (χ4n) is 3.53. The SMILES string of the molecule is CC(C)(C)[C@H]1CCc2c(sc(NC(=O)COC(=O)C3=NNC(=O)CC3)c2C#N)C1. The summed E-state index contributed by atoms with van der Waals surface area (Å²) >= 11 is 1.43. The number of anilines is 1. The average Bonchev–Trinajstić information content (AvgIpc) is 3.02. The van der Waals surface area contributed by atoms with Gasteiger partial charge in [0.05, 0.1) is 5.56 Å². The highest BCUT2D eigenvalue weighted by Crippen LogP contribution is 2.43. The van der Waals surface area contributed by atoms with Crippen LogP contribution in [0.4, 0.5) is 5.00 Å². The molecule has 0 aromatic carbocycles. The van der Waals surface area contributed by atoms with Crippen LogP contribution in [0.2, 0.25) is 0 Å². The fraction of sp³-hybridized carbons (Fsp3) is 0.550. The Morgan fingerprint density at radius 3 is 2.72 bits per heavy atom. The average molecular weight is 417 g/mol. The molecular weight excluding hydrogens is 392 g/mol. The molecule has 3 rings (SSSR count). The van der Waals surface area contributed by atoms with Crippen LogP contribution >= 0.6 is 11.3 Å². The molecule has 0 radical (unpaired) electrons. The molecule has 0 bridgehead atoms. The molecule has 2 heterocycles. The minimum Gasteiger partial charge on any atom is -0.451 e. The Bertz CT molecular complexity index is 920. The molecule has 0 unspecified atom stereocenters. The van der Waals surface area contributed by atoms with Crippen molar-refractivity contribution in [3.63, 3.8) is 0 Å². The van der Waals surface area contributed by atoms with Crippen molar-refractivity contribution in [2.75, 3.05) is 11.9 Å². The summed E-state index contributed by atoms with van der Waals surface area (Å²) < 4.78 is 4.98. The van der Waals surface area contributed by atoms with Crippen molar-refractivity contribution in [1.29, 1.82) is 5.26 Å². The number of fused-ring (bicyclic) bond motifs is 1. The number of carbonyl (C=O) groups is 3. The second kappa shape index (κ2) is 8.33. The van der Waals surface area contributed by atoms with Crippen LogP contribution in [0.25, 0.3) is 0 Å². The Hall–Kier alpha value is -2.73. The van der Waals surface area contributed by atoms with E-state index in [0.29, 0.717) is 16.5 Å². The van der Waals surface area contributed by atoms with E-state index in [0.717, 1.165) is 29.7 Å². The Morgan fingerprint density at radius 1 is 1.34 bits per heavy atom. The van der Waals surface area contributed by atoms with Gasteiger partial charge in [0.15, 0.2) is 6.61 Å². The van der Waals surface area contributed by atoms with Crippen molar-refractivity contribution in [1.82, 2.24) is 5.43 Å². The van der Waals surface area contributed by atoms with E-state index in [1.807, 2.05) is 0 Å². The third-order valence-electron chi connectivity index (χ3n) is 5.33. The number of nitrogens with zero attached hydrogens (tertiary/aromatic N) is 2. The summed E-state index contributed by atoms with van der Waals surface area (Å²) in [6, 6.07) is 2.21. The highest BCUT2D eigenvalue weighted by molar-refractivity contribution is 7.16. The zero-order valence-corrected chi connectivity index (χ0v) is 17.6. The van der Waals surface area contributed by atoms with Gasteiger partial charge in [-0.3, -0.25) is 9.59 Å². The van der Waals surface area contributed by atoms with Gasteiger partial charge in [0.25, 0.3) is 5.91 Å². The molecule has 0 saturated carbocycles. The summed E-state index contributed by atoms with van der Waals surface area (Å²) in [5.41, 5.74) is 4.01. The van der Waals surface area contributed by atoms with Gasteiger partial charge in [-0.05, 0) is 36.2 Å². The number of thiophene rings is 1. The van der Waals surface area contributed by atoms with Crippen LogP contribution < -0.4 is 10.7 Å². The minimum absolute atomic E-state index is 0.0786. The first-order valence-corrected chi connectivity index (χ1v) is 10.4. The van der Waals surface area contributed by atoms with Gasteiger partial charge in [0.1, 0.15) is 16.8 Å². The minimum atomic E-state index is -0.737. The standard InChI is InChI=1S/C20H24N4O4S/c1-20(2,3)11-4-5-12-13(9-21)18(29-15(12)8-11)22-17(26)10-28-19(27)14-6-7-16(25)24-23-14/h11H,4-8,10H2,1-3H3,(H,22,26)(H,24,25)/t11-/m0/s1. The lowest BCUT2D eigenvalue weighted by Crippen LogP contribution is -2.32. The summed E-state index contributed by atoms with van der Waals surface area (Å²) in [6.07, 6.45) is 3.08. The molecule has 1 aromatic heterocycles. The van der Waals surface area contributed by atoms with E-state index in [4.69, 9.17) is 4.74 Å². The van der Waals surface area contributed by atoms with Gasteiger partial charge >= 0.3 is 5.97 Å². The van der Waals surface area contributed by atoms with Crippen LogP contribution in [0, 0.1) is 22.7 Å². The summed E-state index contributed by atoms with van der Waals surface area (Å²) in [5, 5.41) is 16.4. The fourth-order valence-corrected chi connectivity index (χ4v) is 4.82.